The third-order valence-electron chi connectivity index (χ3n) is 1.60. The number of rotatable bonds is 1. The molecular formula is C10H11FN2. The Bertz CT molecular complexity index is 355. The van der Waals surface area contributed by atoms with Crippen LogP contribution in [0, 0.1) is 11.8 Å². The van der Waals surface area contributed by atoms with Crippen molar-refractivity contribution in [1.82, 2.24) is 10.2 Å². The van der Waals surface area contributed by atoms with E-state index in [0.717, 1.165) is 0 Å². The number of alkyl halides is 1. The van der Waals surface area contributed by atoms with E-state index in [1.165, 1.54) is 20.0 Å². The molecule has 0 aliphatic heterocycles. The Balaban J connectivity index is 3.25. The smallest absolute Gasteiger partial charge is 0.142 e. The van der Waals surface area contributed by atoms with Crippen LogP contribution >= 0.6 is 0 Å². The van der Waals surface area contributed by atoms with Crippen molar-refractivity contribution >= 4 is 0 Å². The van der Waals surface area contributed by atoms with Crippen molar-refractivity contribution in [2.24, 2.45) is 0 Å². The molecule has 13 heavy (non-hydrogen) atoms. The van der Waals surface area contributed by atoms with Crippen LogP contribution in [-0.2, 0) is 5.67 Å². The second kappa shape index (κ2) is 3.53. The van der Waals surface area contributed by atoms with Crippen LogP contribution in [0.1, 0.15) is 32.0 Å². The highest BCUT2D eigenvalue weighted by Crippen LogP contribution is 2.25. The Morgan fingerprint density at radius 1 is 1.46 bits per heavy atom. The van der Waals surface area contributed by atoms with Gasteiger partial charge in [0.1, 0.15) is 11.4 Å². The molecule has 1 heterocycles. The molecule has 0 aromatic carbocycles. The second-order valence-corrected chi connectivity index (χ2v) is 3.14. The summed E-state index contributed by atoms with van der Waals surface area (Å²) < 4.78 is 13.6. The lowest BCUT2D eigenvalue weighted by Gasteiger charge is -2.14. The molecule has 3 heteroatoms. The number of aromatic nitrogens is 2. The first-order valence-corrected chi connectivity index (χ1v) is 3.99. The fraction of sp³-hybridized carbons (Fsp3) is 0.400. The third-order valence-corrected chi connectivity index (χ3v) is 1.60. The number of nitrogens with zero attached hydrogens (tertiary/aromatic N) is 2. The number of halogens is 1. The molecule has 1 rings (SSSR count). The van der Waals surface area contributed by atoms with Crippen LogP contribution in [0.4, 0.5) is 4.39 Å². The summed E-state index contributed by atoms with van der Waals surface area (Å²) in [4.78, 5) is 0. The van der Waals surface area contributed by atoms with Gasteiger partial charge >= 0.3 is 0 Å². The Morgan fingerprint density at radius 2 is 2.15 bits per heavy atom. The monoisotopic (exact) mass is 178 g/mol. The summed E-state index contributed by atoms with van der Waals surface area (Å²) in [5.74, 6) is 5.40. The molecule has 0 saturated heterocycles. The van der Waals surface area contributed by atoms with Crippen LogP contribution < -0.4 is 0 Å². The van der Waals surface area contributed by atoms with E-state index in [2.05, 4.69) is 22.0 Å². The van der Waals surface area contributed by atoms with Gasteiger partial charge in [-0.1, -0.05) is 5.92 Å². The van der Waals surface area contributed by atoms with Gasteiger partial charge in [-0.2, -0.15) is 5.10 Å². The number of hydrogen-bond acceptors (Lipinski definition) is 2. The Morgan fingerprint density at radius 3 is 2.69 bits per heavy atom. The highest BCUT2D eigenvalue weighted by Gasteiger charge is 2.22. The molecule has 0 aliphatic carbocycles. The first-order chi connectivity index (χ1) is 6.05. The van der Waals surface area contributed by atoms with Crippen LogP contribution in [0.3, 0.4) is 0 Å². The average molecular weight is 178 g/mol. The summed E-state index contributed by atoms with van der Waals surface area (Å²) in [6.45, 7) is 4.64. The SMILES string of the molecule is CC#Cc1nnccc1C(C)(C)F. The molecule has 2 nitrogen and oxygen atoms in total. The van der Waals surface area contributed by atoms with E-state index in [-0.39, 0.29) is 0 Å². The van der Waals surface area contributed by atoms with Gasteiger partial charge in [0.05, 0.1) is 6.20 Å². The standard InChI is InChI=1S/C10H11FN2/c1-4-5-9-8(10(2,3)11)6-7-12-13-9/h6-7H,1-3H3. The Kier molecular flexibility index (Phi) is 2.62. The predicted molar refractivity (Wildman–Crippen MR) is 48.7 cm³/mol. The van der Waals surface area contributed by atoms with E-state index in [9.17, 15) is 4.39 Å². The molecule has 0 spiro atoms. The maximum Gasteiger partial charge on any atom is 0.142 e. The van der Waals surface area contributed by atoms with Gasteiger partial charge in [0.15, 0.2) is 0 Å². The zero-order valence-corrected chi connectivity index (χ0v) is 7.93. The molecule has 0 N–H and O–H groups in total. The predicted octanol–water partition coefficient (Wildman–Crippen LogP) is 2.05. The minimum absolute atomic E-state index is 0.414. The highest BCUT2D eigenvalue weighted by molar-refractivity contribution is 5.36. The van der Waals surface area contributed by atoms with Crippen molar-refractivity contribution in [3.8, 4) is 11.8 Å². The van der Waals surface area contributed by atoms with Crippen molar-refractivity contribution in [2.45, 2.75) is 26.4 Å². The molecule has 0 aliphatic rings. The van der Waals surface area contributed by atoms with Crippen molar-refractivity contribution in [3.05, 3.63) is 23.5 Å². The van der Waals surface area contributed by atoms with Gasteiger partial charge < -0.3 is 0 Å². The average Bonchev–Trinajstić information content (AvgIpc) is 2.04. The first-order valence-electron chi connectivity index (χ1n) is 3.99. The Hall–Kier alpha value is -1.43. The summed E-state index contributed by atoms with van der Waals surface area (Å²) in [5.41, 5.74) is -0.524. The molecule has 0 amide bonds. The van der Waals surface area contributed by atoms with Crippen LogP contribution in [0.5, 0.6) is 0 Å². The molecule has 68 valence electrons. The summed E-state index contributed by atoms with van der Waals surface area (Å²) in [5, 5.41) is 7.43. The summed E-state index contributed by atoms with van der Waals surface area (Å²) in [6.07, 6.45) is 1.47. The molecule has 0 bridgehead atoms. The molecule has 1 aromatic rings. The zero-order chi connectivity index (χ0) is 9.90. The van der Waals surface area contributed by atoms with Crippen LogP contribution in [-0.4, -0.2) is 10.2 Å². The lowest BCUT2D eigenvalue weighted by Crippen LogP contribution is -2.12. The fourth-order valence-electron chi connectivity index (χ4n) is 1.02. The van der Waals surface area contributed by atoms with Crippen molar-refractivity contribution in [3.63, 3.8) is 0 Å². The third kappa shape index (κ3) is 2.25. The summed E-state index contributed by atoms with van der Waals surface area (Å²) in [6, 6.07) is 1.60. The zero-order valence-electron chi connectivity index (χ0n) is 7.93. The van der Waals surface area contributed by atoms with Crippen molar-refractivity contribution in [1.29, 1.82) is 0 Å². The van der Waals surface area contributed by atoms with Crippen molar-refractivity contribution in [2.75, 3.05) is 0 Å². The topological polar surface area (TPSA) is 25.8 Å². The molecule has 0 atom stereocenters. The van der Waals surface area contributed by atoms with Crippen molar-refractivity contribution < 1.29 is 4.39 Å². The molecule has 0 fully saturated rings. The molecule has 0 unspecified atom stereocenters. The Labute approximate surface area is 77.2 Å². The summed E-state index contributed by atoms with van der Waals surface area (Å²) >= 11 is 0. The lowest BCUT2D eigenvalue weighted by molar-refractivity contribution is 0.220. The van der Waals surface area contributed by atoms with Gasteiger partial charge in [-0.3, -0.25) is 0 Å². The normalized spacial score (nSPS) is 10.5. The van der Waals surface area contributed by atoms with E-state index in [0.29, 0.717) is 11.3 Å². The van der Waals surface area contributed by atoms with E-state index >= 15 is 0 Å². The van der Waals surface area contributed by atoms with E-state index < -0.39 is 5.67 Å². The van der Waals surface area contributed by atoms with E-state index in [1.807, 2.05) is 0 Å². The molecule has 0 saturated carbocycles. The highest BCUT2D eigenvalue weighted by atomic mass is 19.1. The minimum atomic E-state index is -1.42. The van der Waals surface area contributed by atoms with Crippen LogP contribution in [0.2, 0.25) is 0 Å². The van der Waals surface area contributed by atoms with Gasteiger partial charge in [0.2, 0.25) is 0 Å². The van der Waals surface area contributed by atoms with Gasteiger partial charge in [0.25, 0.3) is 0 Å². The summed E-state index contributed by atoms with van der Waals surface area (Å²) in [7, 11) is 0. The quantitative estimate of drug-likeness (QED) is 0.615. The van der Waals surface area contributed by atoms with E-state index in [1.54, 1.807) is 13.0 Å². The fourth-order valence-corrected chi connectivity index (χ4v) is 1.02. The maximum absolute atomic E-state index is 13.6. The van der Waals surface area contributed by atoms with Gasteiger partial charge in [-0.25, -0.2) is 4.39 Å². The largest absolute Gasteiger partial charge is 0.239 e. The second-order valence-electron chi connectivity index (χ2n) is 3.14. The first kappa shape index (κ1) is 9.66. The van der Waals surface area contributed by atoms with Crippen LogP contribution in [0.15, 0.2) is 12.3 Å². The van der Waals surface area contributed by atoms with Gasteiger partial charge in [-0.15, -0.1) is 5.10 Å². The minimum Gasteiger partial charge on any atom is -0.239 e. The van der Waals surface area contributed by atoms with Gasteiger partial charge in [-0.05, 0) is 32.8 Å². The lowest BCUT2D eigenvalue weighted by atomic mass is 9.99. The molecular weight excluding hydrogens is 167 g/mol. The molecule has 1 aromatic heterocycles. The molecule has 0 radical (unpaired) electrons. The van der Waals surface area contributed by atoms with E-state index in [4.69, 9.17) is 0 Å². The number of hydrogen-bond donors (Lipinski definition) is 0. The maximum atomic E-state index is 13.6. The van der Waals surface area contributed by atoms with Gasteiger partial charge in [0, 0.05) is 5.56 Å². The van der Waals surface area contributed by atoms with Crippen LogP contribution in [0.25, 0.3) is 0 Å².